The first-order chi connectivity index (χ1) is 18.7. The summed E-state index contributed by atoms with van der Waals surface area (Å²) < 4.78 is 50.5. The number of fused-ring (bicyclic) bond motifs is 3. The van der Waals surface area contributed by atoms with E-state index in [4.69, 9.17) is 4.74 Å². The van der Waals surface area contributed by atoms with Gasteiger partial charge in [-0.1, -0.05) is 12.1 Å². The molecule has 8 rings (SSSR count). The number of carbonyl (C=O) groups excluding carboxylic acids is 1. The summed E-state index contributed by atoms with van der Waals surface area (Å²) in [4.78, 5) is 17.3. The van der Waals surface area contributed by atoms with Crippen LogP contribution in [0.1, 0.15) is 51.3 Å². The standard InChI is InChI=1S/C29H28F3N5O2/c1-35-17-33-34-26(35)12-28(15-39-16-28)20-3-2-4-21(11-20)37-14-24-22(27(37)38)9-19(10-25(24)29(30,31)32)23-13-36-7-5-18(23)6-8-36/h2-4,9-11,13,17-18H,5-8,12,14-16H2,1H3. The molecule has 0 unspecified atom stereocenters. The molecule has 10 heteroatoms. The number of piperidine rings is 1. The van der Waals surface area contributed by atoms with Gasteiger partial charge in [0.15, 0.2) is 0 Å². The van der Waals surface area contributed by atoms with E-state index in [9.17, 15) is 18.0 Å². The van der Waals surface area contributed by atoms with Gasteiger partial charge in [-0.15, -0.1) is 10.2 Å². The highest BCUT2D eigenvalue weighted by Crippen LogP contribution is 2.44. The van der Waals surface area contributed by atoms with Crippen LogP contribution in [-0.4, -0.2) is 51.9 Å². The third-order valence-electron chi connectivity index (χ3n) is 8.80. The Kier molecular flexibility index (Phi) is 5.42. The first-order valence-corrected chi connectivity index (χ1v) is 13.3. The molecule has 0 aliphatic carbocycles. The van der Waals surface area contributed by atoms with Gasteiger partial charge in [-0.3, -0.25) is 4.79 Å². The minimum Gasteiger partial charge on any atom is -0.379 e. The van der Waals surface area contributed by atoms with Crippen LogP contribution in [-0.2, 0) is 36.3 Å². The predicted octanol–water partition coefficient (Wildman–Crippen LogP) is 4.57. The van der Waals surface area contributed by atoms with Crippen LogP contribution in [0.2, 0.25) is 0 Å². The molecule has 0 atom stereocenters. The third kappa shape index (κ3) is 3.95. The van der Waals surface area contributed by atoms with E-state index in [0.29, 0.717) is 30.9 Å². The van der Waals surface area contributed by atoms with Gasteiger partial charge in [-0.25, -0.2) is 0 Å². The van der Waals surface area contributed by atoms with Gasteiger partial charge >= 0.3 is 6.18 Å². The number of carbonyl (C=O) groups is 1. The monoisotopic (exact) mass is 535 g/mol. The minimum atomic E-state index is -4.56. The largest absolute Gasteiger partial charge is 0.416 e. The van der Waals surface area contributed by atoms with Crippen molar-refractivity contribution in [1.82, 2.24) is 19.7 Å². The van der Waals surface area contributed by atoms with Crippen molar-refractivity contribution >= 4 is 17.2 Å². The Labute approximate surface area is 223 Å². The molecular formula is C29H28F3N5O2. The number of benzene rings is 2. The molecule has 2 saturated heterocycles. The Bertz CT molecular complexity index is 1500. The van der Waals surface area contributed by atoms with Crippen LogP contribution >= 0.6 is 0 Å². The number of anilines is 1. The van der Waals surface area contributed by atoms with Crippen molar-refractivity contribution in [2.75, 3.05) is 31.2 Å². The smallest absolute Gasteiger partial charge is 0.379 e. The van der Waals surface area contributed by atoms with Gasteiger partial charge in [-0.2, -0.15) is 13.2 Å². The van der Waals surface area contributed by atoms with E-state index in [2.05, 4.69) is 15.1 Å². The molecule has 202 valence electrons. The molecule has 0 radical (unpaired) electrons. The van der Waals surface area contributed by atoms with Gasteiger partial charge < -0.3 is 19.1 Å². The average molecular weight is 536 g/mol. The lowest BCUT2D eigenvalue weighted by Gasteiger charge is -2.42. The van der Waals surface area contributed by atoms with Crippen LogP contribution in [0.25, 0.3) is 5.57 Å². The molecule has 1 amide bonds. The van der Waals surface area contributed by atoms with Crippen LogP contribution in [0.15, 0.2) is 48.9 Å². The molecule has 5 aliphatic heterocycles. The van der Waals surface area contributed by atoms with Crippen LogP contribution in [0.3, 0.4) is 0 Å². The number of alkyl halides is 3. The van der Waals surface area contributed by atoms with Crippen molar-refractivity contribution in [2.45, 2.75) is 37.4 Å². The van der Waals surface area contributed by atoms with E-state index in [0.717, 1.165) is 42.9 Å². The summed E-state index contributed by atoms with van der Waals surface area (Å²) in [6.07, 6.45) is 1.54. The van der Waals surface area contributed by atoms with Gasteiger partial charge in [0.2, 0.25) is 0 Å². The fourth-order valence-electron chi connectivity index (χ4n) is 6.48. The summed E-state index contributed by atoms with van der Waals surface area (Å²) in [6, 6.07) is 10.5. The fourth-order valence-corrected chi connectivity index (χ4v) is 6.48. The van der Waals surface area contributed by atoms with Gasteiger partial charge in [0, 0.05) is 49.4 Å². The lowest BCUT2D eigenvalue weighted by Crippen LogP contribution is -2.49. The Morgan fingerprint density at radius 3 is 2.54 bits per heavy atom. The molecule has 3 aromatic rings. The topological polar surface area (TPSA) is 63.5 Å². The molecule has 2 fully saturated rings. The molecule has 7 nitrogen and oxygen atoms in total. The van der Waals surface area contributed by atoms with Crippen molar-refractivity contribution in [3.05, 3.63) is 82.6 Å². The van der Waals surface area contributed by atoms with E-state index < -0.39 is 17.6 Å². The third-order valence-corrected chi connectivity index (χ3v) is 8.80. The van der Waals surface area contributed by atoms with Crippen molar-refractivity contribution in [3.8, 4) is 0 Å². The summed E-state index contributed by atoms with van der Waals surface area (Å²) in [5.41, 5.74) is 2.09. The summed E-state index contributed by atoms with van der Waals surface area (Å²) in [5, 5.41) is 8.19. The number of hydrogen-bond acceptors (Lipinski definition) is 5. The molecule has 6 heterocycles. The number of allylic oxidation sites excluding steroid dienone is 1. The second-order valence-corrected chi connectivity index (χ2v) is 11.2. The average Bonchev–Trinajstić information content (AvgIpc) is 3.47. The summed E-state index contributed by atoms with van der Waals surface area (Å²) in [5.74, 6) is 0.648. The normalized spacial score (nSPS) is 20.3. The van der Waals surface area contributed by atoms with Crippen molar-refractivity contribution in [2.24, 2.45) is 13.0 Å². The molecule has 2 bridgehead atoms. The van der Waals surface area contributed by atoms with Gasteiger partial charge in [0.25, 0.3) is 5.91 Å². The zero-order valence-electron chi connectivity index (χ0n) is 21.5. The maximum atomic E-state index is 14.3. The summed E-state index contributed by atoms with van der Waals surface area (Å²) >= 11 is 0. The Balaban J connectivity index is 1.25. The highest BCUT2D eigenvalue weighted by Gasteiger charge is 2.44. The van der Waals surface area contributed by atoms with Crippen molar-refractivity contribution in [1.29, 1.82) is 0 Å². The van der Waals surface area contributed by atoms with E-state index >= 15 is 0 Å². The maximum Gasteiger partial charge on any atom is 0.416 e. The van der Waals surface area contributed by atoms with Crippen LogP contribution in [0, 0.1) is 5.92 Å². The molecule has 2 aromatic carbocycles. The van der Waals surface area contributed by atoms with Crippen LogP contribution in [0.4, 0.5) is 18.9 Å². The number of hydrogen-bond donors (Lipinski definition) is 0. The Morgan fingerprint density at radius 2 is 1.92 bits per heavy atom. The predicted molar refractivity (Wildman–Crippen MR) is 138 cm³/mol. The molecule has 0 N–H and O–H groups in total. The van der Waals surface area contributed by atoms with E-state index in [-0.39, 0.29) is 29.0 Å². The molecule has 1 aromatic heterocycles. The summed E-state index contributed by atoms with van der Waals surface area (Å²) in [7, 11) is 1.89. The lowest BCUT2D eigenvalue weighted by molar-refractivity contribution is -0.138. The van der Waals surface area contributed by atoms with E-state index in [1.165, 1.54) is 11.0 Å². The number of aromatic nitrogens is 3. The molecular weight excluding hydrogens is 507 g/mol. The number of ether oxygens (including phenoxy) is 1. The van der Waals surface area contributed by atoms with Gasteiger partial charge in [0.1, 0.15) is 12.2 Å². The number of nitrogens with zero attached hydrogens (tertiary/aromatic N) is 5. The second kappa shape index (κ2) is 8.67. The first kappa shape index (κ1) is 24.4. The quantitative estimate of drug-likeness (QED) is 0.479. The maximum absolute atomic E-state index is 14.3. The first-order valence-electron chi connectivity index (χ1n) is 13.3. The fraction of sp³-hybridized carbons (Fsp3) is 0.414. The number of rotatable bonds is 5. The molecule has 5 aliphatic rings. The highest BCUT2D eigenvalue weighted by molar-refractivity contribution is 6.11. The Morgan fingerprint density at radius 1 is 1.13 bits per heavy atom. The van der Waals surface area contributed by atoms with Crippen molar-refractivity contribution in [3.63, 3.8) is 0 Å². The van der Waals surface area contributed by atoms with Crippen molar-refractivity contribution < 1.29 is 22.7 Å². The lowest BCUT2D eigenvalue weighted by atomic mass is 9.75. The van der Waals surface area contributed by atoms with E-state index in [1.807, 2.05) is 36.0 Å². The number of amides is 1. The molecule has 0 spiro atoms. The van der Waals surface area contributed by atoms with Crippen LogP contribution in [0.5, 0.6) is 0 Å². The number of halogens is 3. The zero-order valence-corrected chi connectivity index (χ0v) is 21.5. The minimum absolute atomic E-state index is 0.0457. The van der Waals surface area contributed by atoms with E-state index in [1.54, 1.807) is 18.5 Å². The molecule has 39 heavy (non-hydrogen) atoms. The highest BCUT2D eigenvalue weighted by atomic mass is 19.4. The molecule has 0 saturated carbocycles. The Hall–Kier alpha value is -3.66. The van der Waals surface area contributed by atoms with Crippen LogP contribution < -0.4 is 4.90 Å². The second-order valence-electron chi connectivity index (χ2n) is 11.2. The zero-order chi connectivity index (χ0) is 26.9. The van der Waals surface area contributed by atoms with Gasteiger partial charge in [-0.05, 0) is 65.3 Å². The number of aryl methyl sites for hydroxylation is 1. The van der Waals surface area contributed by atoms with Gasteiger partial charge in [0.05, 0.1) is 25.3 Å². The summed E-state index contributed by atoms with van der Waals surface area (Å²) in [6.45, 7) is 2.72. The SMILES string of the molecule is Cn1cnnc1CC1(c2cccc(N3Cc4c(cc(C5=CN6CCC5CC6)cc4C(F)(F)F)C3=O)c2)COC1.